The fourth-order valence-electron chi connectivity index (χ4n) is 3.45. The molecule has 3 rings (SSSR count). The third kappa shape index (κ3) is 6.81. The lowest BCUT2D eigenvalue weighted by Gasteiger charge is -2.21. The van der Waals surface area contributed by atoms with Gasteiger partial charge in [0.15, 0.2) is 15.8 Å². The van der Waals surface area contributed by atoms with E-state index in [-0.39, 0.29) is 29.9 Å². The van der Waals surface area contributed by atoms with Gasteiger partial charge >= 0.3 is 0 Å². The van der Waals surface area contributed by atoms with Gasteiger partial charge in [-0.15, -0.1) is 0 Å². The van der Waals surface area contributed by atoms with Gasteiger partial charge in [0.05, 0.1) is 36.5 Å². The summed E-state index contributed by atoms with van der Waals surface area (Å²) in [5.41, 5.74) is 2.03. The highest BCUT2D eigenvalue weighted by Gasteiger charge is 2.28. The molecule has 1 saturated heterocycles. The molecule has 1 unspecified atom stereocenters. The fourth-order valence-corrected chi connectivity index (χ4v) is 5.12. The van der Waals surface area contributed by atoms with Crippen molar-refractivity contribution in [3.8, 4) is 11.3 Å². The first-order chi connectivity index (χ1) is 14.9. The molecule has 3 N–H and O–H groups in total. The molecule has 1 aromatic heterocycles. The van der Waals surface area contributed by atoms with Crippen molar-refractivity contribution in [2.45, 2.75) is 32.4 Å². The number of aliphatic imine (C=N–C) groups is 1. The predicted octanol–water partition coefficient (Wildman–Crippen LogP) is 1.17. The Morgan fingerprint density at radius 2 is 2.10 bits per heavy atom. The van der Waals surface area contributed by atoms with Gasteiger partial charge in [-0.1, -0.05) is 30.3 Å². The van der Waals surface area contributed by atoms with Crippen molar-refractivity contribution in [2.24, 2.45) is 4.99 Å². The summed E-state index contributed by atoms with van der Waals surface area (Å²) in [5.74, 6) is 1.48. The zero-order chi connectivity index (χ0) is 22.3. The lowest BCUT2D eigenvalue weighted by Crippen LogP contribution is -2.39. The maximum Gasteiger partial charge on any atom is 0.222 e. The number of aromatic nitrogens is 2. The molecule has 1 atom stereocenters. The van der Waals surface area contributed by atoms with Gasteiger partial charge in [0.2, 0.25) is 5.91 Å². The molecular formula is C21H30N6O3S. The Morgan fingerprint density at radius 1 is 1.32 bits per heavy atom. The van der Waals surface area contributed by atoms with Gasteiger partial charge in [0.1, 0.15) is 5.82 Å². The number of guanidine groups is 1. The fraction of sp³-hybridized carbons (Fsp3) is 0.476. The second-order valence-corrected chi connectivity index (χ2v) is 9.85. The van der Waals surface area contributed by atoms with E-state index in [4.69, 9.17) is 0 Å². The van der Waals surface area contributed by atoms with Gasteiger partial charge in [-0.2, -0.15) is 0 Å². The minimum absolute atomic E-state index is 0.0293. The Bertz CT molecular complexity index is 1000. The summed E-state index contributed by atoms with van der Waals surface area (Å²) in [5, 5.41) is 6.01. The standard InChI is InChI=1S/C21H30N6O3S/c1-3-22-21(23-11-9-20(28)25-17-10-12-31(29,30)15-17)27(2)14-19-24-13-18(26-19)16-7-5-4-6-8-16/h4-8,13,17H,3,9-12,14-15H2,1-2H3,(H,22,23)(H,24,26)(H,25,28). The van der Waals surface area contributed by atoms with E-state index >= 15 is 0 Å². The molecule has 0 radical (unpaired) electrons. The van der Waals surface area contributed by atoms with Gasteiger partial charge in [0, 0.05) is 26.1 Å². The summed E-state index contributed by atoms with van der Waals surface area (Å²) < 4.78 is 23.0. The first kappa shape index (κ1) is 22.8. The van der Waals surface area contributed by atoms with Crippen LogP contribution in [0.15, 0.2) is 41.5 Å². The predicted molar refractivity (Wildman–Crippen MR) is 121 cm³/mol. The first-order valence-electron chi connectivity index (χ1n) is 10.4. The monoisotopic (exact) mass is 446 g/mol. The van der Waals surface area contributed by atoms with E-state index in [2.05, 4.69) is 25.6 Å². The number of imidazole rings is 1. The lowest BCUT2D eigenvalue weighted by molar-refractivity contribution is -0.121. The molecule has 1 fully saturated rings. The van der Waals surface area contributed by atoms with Crippen LogP contribution in [0.1, 0.15) is 25.6 Å². The quantitative estimate of drug-likeness (QED) is 0.414. The van der Waals surface area contributed by atoms with Crippen molar-refractivity contribution in [2.75, 3.05) is 31.6 Å². The first-order valence-corrected chi connectivity index (χ1v) is 12.3. The second kappa shape index (κ2) is 10.4. The summed E-state index contributed by atoms with van der Waals surface area (Å²) in [6.07, 6.45) is 2.51. The number of H-pyrrole nitrogens is 1. The van der Waals surface area contributed by atoms with E-state index < -0.39 is 9.84 Å². The molecule has 1 aliphatic rings. The van der Waals surface area contributed by atoms with Crippen LogP contribution in [-0.4, -0.2) is 72.8 Å². The number of sulfone groups is 1. The number of aromatic amines is 1. The minimum Gasteiger partial charge on any atom is -0.357 e. The maximum atomic E-state index is 12.1. The average Bonchev–Trinajstić information content (AvgIpc) is 3.33. The summed E-state index contributed by atoms with van der Waals surface area (Å²) >= 11 is 0. The van der Waals surface area contributed by atoms with Gasteiger partial charge in [0.25, 0.3) is 0 Å². The third-order valence-electron chi connectivity index (χ3n) is 4.99. The van der Waals surface area contributed by atoms with Crippen LogP contribution >= 0.6 is 0 Å². The SMILES string of the molecule is CCNC(=NCCC(=O)NC1CCS(=O)(=O)C1)N(C)Cc1ncc(-c2ccccc2)[nH]1. The molecule has 0 spiro atoms. The number of carbonyl (C=O) groups is 1. The normalized spacial score (nSPS) is 18.0. The minimum atomic E-state index is -3.01. The van der Waals surface area contributed by atoms with Gasteiger partial charge in [-0.05, 0) is 18.9 Å². The molecule has 10 heteroatoms. The highest BCUT2D eigenvalue weighted by molar-refractivity contribution is 7.91. The van der Waals surface area contributed by atoms with E-state index in [1.165, 1.54) is 0 Å². The molecule has 1 aromatic carbocycles. The molecule has 0 aliphatic carbocycles. The largest absolute Gasteiger partial charge is 0.357 e. The van der Waals surface area contributed by atoms with Crippen molar-refractivity contribution in [3.05, 3.63) is 42.4 Å². The van der Waals surface area contributed by atoms with Crippen LogP contribution in [0, 0.1) is 0 Å². The Kier molecular flexibility index (Phi) is 7.67. The molecule has 1 amide bonds. The van der Waals surface area contributed by atoms with Gasteiger partial charge in [-0.3, -0.25) is 9.79 Å². The molecule has 31 heavy (non-hydrogen) atoms. The van der Waals surface area contributed by atoms with Crippen LogP contribution in [-0.2, 0) is 21.2 Å². The van der Waals surface area contributed by atoms with Crippen molar-refractivity contribution < 1.29 is 13.2 Å². The highest BCUT2D eigenvalue weighted by Crippen LogP contribution is 2.16. The Morgan fingerprint density at radius 3 is 2.77 bits per heavy atom. The number of hydrogen-bond donors (Lipinski definition) is 3. The number of carbonyl (C=O) groups excluding carboxylic acids is 1. The average molecular weight is 447 g/mol. The zero-order valence-electron chi connectivity index (χ0n) is 18.0. The third-order valence-corrected chi connectivity index (χ3v) is 6.76. The molecule has 1 aliphatic heterocycles. The topological polar surface area (TPSA) is 120 Å². The summed E-state index contributed by atoms with van der Waals surface area (Å²) in [4.78, 5) is 26.4. The van der Waals surface area contributed by atoms with E-state index in [0.29, 0.717) is 32.0 Å². The number of nitrogens with one attached hydrogen (secondary N) is 3. The number of rotatable bonds is 8. The zero-order valence-corrected chi connectivity index (χ0v) is 18.8. The molecule has 9 nitrogen and oxygen atoms in total. The van der Waals surface area contributed by atoms with Crippen molar-refractivity contribution in [1.29, 1.82) is 0 Å². The van der Waals surface area contributed by atoms with Crippen LogP contribution in [0.3, 0.4) is 0 Å². The number of amides is 1. The van der Waals surface area contributed by atoms with Crippen LogP contribution in [0.4, 0.5) is 0 Å². The van der Waals surface area contributed by atoms with E-state index in [0.717, 1.165) is 17.1 Å². The van der Waals surface area contributed by atoms with Crippen LogP contribution in [0.5, 0.6) is 0 Å². The Labute approximate surface area is 183 Å². The van der Waals surface area contributed by atoms with Crippen LogP contribution in [0.25, 0.3) is 11.3 Å². The molecule has 0 bridgehead atoms. The maximum absolute atomic E-state index is 12.1. The summed E-state index contributed by atoms with van der Waals surface area (Å²) in [6, 6.07) is 9.72. The van der Waals surface area contributed by atoms with E-state index in [1.54, 1.807) is 0 Å². The molecular weight excluding hydrogens is 416 g/mol. The smallest absolute Gasteiger partial charge is 0.222 e. The van der Waals surface area contributed by atoms with Crippen LogP contribution in [0.2, 0.25) is 0 Å². The Balaban J connectivity index is 1.52. The summed E-state index contributed by atoms with van der Waals surface area (Å²) in [7, 11) is -1.09. The van der Waals surface area contributed by atoms with Crippen LogP contribution < -0.4 is 10.6 Å². The summed E-state index contributed by atoms with van der Waals surface area (Å²) in [6.45, 7) is 3.52. The van der Waals surface area contributed by atoms with E-state index in [9.17, 15) is 13.2 Å². The van der Waals surface area contributed by atoms with Crippen molar-refractivity contribution >= 4 is 21.7 Å². The highest BCUT2D eigenvalue weighted by atomic mass is 32.2. The van der Waals surface area contributed by atoms with Crippen molar-refractivity contribution in [1.82, 2.24) is 25.5 Å². The Hall–Kier alpha value is -2.88. The molecule has 2 heterocycles. The lowest BCUT2D eigenvalue weighted by atomic mass is 10.2. The number of hydrogen-bond acceptors (Lipinski definition) is 5. The van der Waals surface area contributed by atoms with Gasteiger partial charge < -0.3 is 20.5 Å². The van der Waals surface area contributed by atoms with Crippen molar-refractivity contribution in [3.63, 3.8) is 0 Å². The number of nitrogens with zero attached hydrogens (tertiary/aromatic N) is 3. The molecule has 2 aromatic rings. The second-order valence-electron chi connectivity index (χ2n) is 7.62. The molecule has 168 valence electrons. The van der Waals surface area contributed by atoms with E-state index in [1.807, 2.05) is 55.4 Å². The van der Waals surface area contributed by atoms with Gasteiger partial charge in [-0.25, -0.2) is 13.4 Å². The number of benzene rings is 1. The molecule has 0 saturated carbocycles.